The molecule has 0 N–H and O–H groups in total. The first-order valence-electron chi connectivity index (χ1n) is 11.1. The molecule has 2 atom stereocenters. The average Bonchev–Trinajstić information content (AvgIpc) is 2.74. The average molecular weight is 397 g/mol. The highest BCUT2D eigenvalue weighted by Gasteiger charge is 2.38. The van der Waals surface area contributed by atoms with E-state index in [1.165, 1.54) is 22.3 Å². The van der Waals surface area contributed by atoms with Crippen molar-refractivity contribution in [2.45, 2.75) is 52.9 Å². The largest absolute Gasteiger partial charge is 0.0947 e. The summed E-state index contributed by atoms with van der Waals surface area (Å²) in [5.74, 6) is 0.808. The Hall–Kier alpha value is -2.60. The normalized spacial score (nSPS) is 14.2. The zero-order valence-electron chi connectivity index (χ0n) is 19.2. The molecule has 0 aromatic heterocycles. The fourth-order valence-corrected chi connectivity index (χ4v) is 4.67. The van der Waals surface area contributed by atoms with Gasteiger partial charge in [-0.25, -0.2) is 0 Å². The molecule has 0 heteroatoms. The summed E-state index contributed by atoms with van der Waals surface area (Å²) in [5.41, 5.74) is 5.34. The standard InChI is InChI=1S/C30H36/c1-23(24-16-10-7-11-17-24)30(5,6)28(26-20-14-9-15-21-26)22-27(29(2,3)4)25-18-12-8-13-19-25/h7-21,27-28H,1,22H2,2-6H3. The highest BCUT2D eigenvalue weighted by molar-refractivity contribution is 5.69. The van der Waals surface area contributed by atoms with Gasteiger partial charge in [0.25, 0.3) is 0 Å². The van der Waals surface area contributed by atoms with Crippen LogP contribution in [0.1, 0.15) is 69.6 Å². The van der Waals surface area contributed by atoms with Crippen LogP contribution in [0.25, 0.3) is 5.57 Å². The zero-order chi connectivity index (χ0) is 21.8. The lowest BCUT2D eigenvalue weighted by molar-refractivity contribution is 0.250. The maximum Gasteiger partial charge on any atom is -0.00346 e. The van der Waals surface area contributed by atoms with E-state index >= 15 is 0 Å². The molecule has 0 radical (unpaired) electrons. The van der Waals surface area contributed by atoms with Crippen LogP contribution in [-0.2, 0) is 0 Å². The first-order chi connectivity index (χ1) is 14.2. The fourth-order valence-electron chi connectivity index (χ4n) is 4.67. The lowest BCUT2D eigenvalue weighted by Crippen LogP contribution is -2.29. The van der Waals surface area contributed by atoms with E-state index < -0.39 is 0 Å². The van der Waals surface area contributed by atoms with E-state index in [-0.39, 0.29) is 10.8 Å². The molecule has 3 aromatic carbocycles. The third-order valence-corrected chi connectivity index (χ3v) is 6.69. The summed E-state index contributed by atoms with van der Waals surface area (Å²) < 4.78 is 0. The molecular formula is C30H36. The summed E-state index contributed by atoms with van der Waals surface area (Å²) in [5, 5.41) is 0. The molecule has 156 valence electrons. The van der Waals surface area contributed by atoms with Gasteiger partial charge in [0.05, 0.1) is 0 Å². The SMILES string of the molecule is C=C(c1ccccc1)C(C)(C)C(CC(c1ccccc1)C(C)(C)C)c1ccccc1. The van der Waals surface area contributed by atoms with Gasteiger partial charge in [-0.1, -0.05) is 132 Å². The van der Waals surface area contributed by atoms with Crippen molar-refractivity contribution in [3.05, 3.63) is 114 Å². The highest BCUT2D eigenvalue weighted by atomic mass is 14.4. The molecule has 0 amide bonds. The molecule has 3 rings (SSSR count). The van der Waals surface area contributed by atoms with Crippen molar-refractivity contribution in [2.75, 3.05) is 0 Å². The van der Waals surface area contributed by atoms with Crippen LogP contribution < -0.4 is 0 Å². The van der Waals surface area contributed by atoms with E-state index in [0.29, 0.717) is 11.8 Å². The monoisotopic (exact) mass is 396 g/mol. The molecule has 0 saturated heterocycles. The Morgan fingerprint density at radius 2 is 1.03 bits per heavy atom. The van der Waals surface area contributed by atoms with Gasteiger partial charge < -0.3 is 0 Å². The van der Waals surface area contributed by atoms with Crippen LogP contribution in [0.2, 0.25) is 0 Å². The molecule has 0 saturated carbocycles. The molecule has 0 spiro atoms. The van der Waals surface area contributed by atoms with Crippen molar-refractivity contribution in [3.63, 3.8) is 0 Å². The Balaban J connectivity index is 2.06. The number of allylic oxidation sites excluding steroid dienone is 1. The molecule has 2 unspecified atom stereocenters. The van der Waals surface area contributed by atoms with Gasteiger partial charge in [-0.3, -0.25) is 0 Å². The predicted octanol–water partition coefficient (Wildman–Crippen LogP) is 8.73. The van der Waals surface area contributed by atoms with E-state index in [9.17, 15) is 0 Å². The minimum Gasteiger partial charge on any atom is -0.0947 e. The van der Waals surface area contributed by atoms with Crippen LogP contribution >= 0.6 is 0 Å². The van der Waals surface area contributed by atoms with Gasteiger partial charge >= 0.3 is 0 Å². The van der Waals surface area contributed by atoms with E-state index in [1.54, 1.807) is 0 Å². The van der Waals surface area contributed by atoms with Crippen molar-refractivity contribution >= 4 is 5.57 Å². The second-order valence-corrected chi connectivity index (χ2v) is 10.1. The molecule has 0 aliphatic heterocycles. The second kappa shape index (κ2) is 9.04. The van der Waals surface area contributed by atoms with Crippen molar-refractivity contribution in [3.8, 4) is 0 Å². The lowest BCUT2D eigenvalue weighted by Gasteiger charge is -2.42. The third-order valence-electron chi connectivity index (χ3n) is 6.69. The van der Waals surface area contributed by atoms with Gasteiger partial charge in [-0.15, -0.1) is 0 Å². The molecule has 3 aromatic rings. The molecule has 0 nitrogen and oxygen atoms in total. The van der Waals surface area contributed by atoms with Crippen LogP contribution in [0.3, 0.4) is 0 Å². The smallest absolute Gasteiger partial charge is 0.00346 e. The summed E-state index contributed by atoms with van der Waals surface area (Å²) in [4.78, 5) is 0. The Bertz CT molecular complexity index is 928. The number of rotatable bonds is 7. The fraction of sp³-hybridized carbons (Fsp3) is 0.333. The molecule has 0 aliphatic carbocycles. The van der Waals surface area contributed by atoms with Gasteiger partial charge in [-0.05, 0) is 51.4 Å². The van der Waals surface area contributed by atoms with Gasteiger partial charge in [0.15, 0.2) is 0 Å². The highest BCUT2D eigenvalue weighted by Crippen LogP contribution is 2.52. The first kappa shape index (κ1) is 22.1. The van der Waals surface area contributed by atoms with E-state index in [0.717, 1.165) is 6.42 Å². The van der Waals surface area contributed by atoms with Crippen molar-refractivity contribution in [2.24, 2.45) is 10.8 Å². The molecule has 0 fully saturated rings. The van der Waals surface area contributed by atoms with E-state index in [4.69, 9.17) is 0 Å². The second-order valence-electron chi connectivity index (χ2n) is 10.1. The summed E-state index contributed by atoms with van der Waals surface area (Å²) in [6.07, 6.45) is 1.08. The van der Waals surface area contributed by atoms with Gasteiger partial charge in [0.2, 0.25) is 0 Å². The van der Waals surface area contributed by atoms with Crippen molar-refractivity contribution in [1.82, 2.24) is 0 Å². The first-order valence-corrected chi connectivity index (χ1v) is 11.1. The number of hydrogen-bond acceptors (Lipinski definition) is 0. The number of hydrogen-bond donors (Lipinski definition) is 0. The third kappa shape index (κ3) is 4.93. The van der Waals surface area contributed by atoms with Crippen molar-refractivity contribution in [1.29, 1.82) is 0 Å². The summed E-state index contributed by atoms with van der Waals surface area (Å²) in [6.45, 7) is 16.4. The topological polar surface area (TPSA) is 0 Å². The minimum atomic E-state index is -0.0824. The molecule has 0 heterocycles. The summed E-state index contributed by atoms with van der Waals surface area (Å²) in [7, 11) is 0. The lowest BCUT2D eigenvalue weighted by atomic mass is 9.62. The summed E-state index contributed by atoms with van der Waals surface area (Å²) in [6, 6.07) is 32.7. The molecule has 30 heavy (non-hydrogen) atoms. The molecule has 0 aliphatic rings. The van der Waals surface area contributed by atoms with E-state index in [2.05, 4.69) is 132 Å². The Morgan fingerprint density at radius 1 is 0.633 bits per heavy atom. The van der Waals surface area contributed by atoms with Gasteiger partial charge in [-0.2, -0.15) is 0 Å². The van der Waals surface area contributed by atoms with E-state index in [1.807, 2.05) is 0 Å². The number of benzene rings is 3. The molecular weight excluding hydrogens is 360 g/mol. The Kier molecular flexibility index (Phi) is 6.66. The van der Waals surface area contributed by atoms with Crippen LogP contribution in [0, 0.1) is 10.8 Å². The van der Waals surface area contributed by atoms with Crippen LogP contribution in [-0.4, -0.2) is 0 Å². The minimum absolute atomic E-state index is 0.0824. The maximum absolute atomic E-state index is 4.59. The van der Waals surface area contributed by atoms with Crippen molar-refractivity contribution < 1.29 is 0 Å². The molecule has 0 bridgehead atoms. The van der Waals surface area contributed by atoms with Crippen LogP contribution in [0.4, 0.5) is 0 Å². The summed E-state index contributed by atoms with van der Waals surface area (Å²) >= 11 is 0. The zero-order valence-corrected chi connectivity index (χ0v) is 19.2. The van der Waals surface area contributed by atoms with Gasteiger partial charge in [0.1, 0.15) is 0 Å². The van der Waals surface area contributed by atoms with Crippen LogP contribution in [0.5, 0.6) is 0 Å². The van der Waals surface area contributed by atoms with Gasteiger partial charge in [0, 0.05) is 0 Å². The Morgan fingerprint density at radius 3 is 1.47 bits per heavy atom. The predicted molar refractivity (Wildman–Crippen MR) is 132 cm³/mol. The maximum atomic E-state index is 4.59. The van der Waals surface area contributed by atoms with Crippen LogP contribution in [0.15, 0.2) is 97.6 Å². The Labute approximate surface area is 183 Å². The quantitative estimate of drug-likeness (QED) is 0.374.